The number of para-hydroxylation sites is 1. The molecule has 5 rings (SSSR count). The number of hydrazone groups is 1. The minimum absolute atomic E-state index is 0.0155. The van der Waals surface area contributed by atoms with Gasteiger partial charge in [0.2, 0.25) is 0 Å². The van der Waals surface area contributed by atoms with E-state index in [4.69, 9.17) is 4.74 Å². The van der Waals surface area contributed by atoms with Gasteiger partial charge in [-0.1, -0.05) is 51.1 Å². The summed E-state index contributed by atoms with van der Waals surface area (Å²) < 4.78 is 5.29. The minimum atomic E-state index is -0.621. The van der Waals surface area contributed by atoms with Crippen molar-refractivity contribution < 1.29 is 14.3 Å². The molecule has 2 bridgehead atoms. The second kappa shape index (κ2) is 9.00. The van der Waals surface area contributed by atoms with Crippen molar-refractivity contribution in [1.82, 2.24) is 15.4 Å². The Morgan fingerprint density at radius 2 is 1.89 bits per heavy atom. The molecular formula is C28H30N4O4. The van der Waals surface area contributed by atoms with Crippen molar-refractivity contribution in [3.8, 4) is 0 Å². The van der Waals surface area contributed by atoms with E-state index in [0.717, 1.165) is 18.6 Å². The van der Waals surface area contributed by atoms with Gasteiger partial charge >= 0.3 is 5.97 Å². The third-order valence-corrected chi connectivity index (χ3v) is 8.42. The van der Waals surface area contributed by atoms with Gasteiger partial charge in [0.05, 0.1) is 16.5 Å². The molecule has 2 N–H and O–H groups in total. The first kappa shape index (κ1) is 23.9. The lowest BCUT2D eigenvalue weighted by Gasteiger charge is -2.34. The standard InChI is InChI=1S/C28H30N4O4/c1-27(2)18-12-13-28(27,3)22(15-18)31-32-24(33)16-36-26(35)19-9-5-4-8-17(19)14-23-29-21-11-7-6-10-20(21)25(34)30-23/h4-11,18H,12-16H2,1-3H3,(H,32,33)(H,29,30,34)/b31-22+. The highest BCUT2D eigenvalue weighted by Crippen LogP contribution is 2.63. The summed E-state index contributed by atoms with van der Waals surface area (Å²) in [6, 6.07) is 14.0. The highest BCUT2D eigenvalue weighted by molar-refractivity contribution is 5.96. The Balaban J connectivity index is 1.24. The minimum Gasteiger partial charge on any atom is -0.452 e. The monoisotopic (exact) mass is 486 g/mol. The van der Waals surface area contributed by atoms with Crippen molar-refractivity contribution in [3.05, 3.63) is 75.8 Å². The molecule has 2 saturated carbocycles. The van der Waals surface area contributed by atoms with Gasteiger partial charge in [-0.2, -0.15) is 5.10 Å². The first-order valence-electron chi connectivity index (χ1n) is 12.3. The number of esters is 1. The molecule has 2 atom stereocenters. The molecule has 0 aliphatic heterocycles. The number of amides is 1. The fourth-order valence-corrected chi connectivity index (χ4v) is 5.74. The van der Waals surface area contributed by atoms with E-state index in [0.29, 0.717) is 33.8 Å². The number of aromatic amines is 1. The maximum atomic E-state index is 12.8. The molecule has 2 aromatic carbocycles. The van der Waals surface area contributed by atoms with Crippen LogP contribution in [0, 0.1) is 16.7 Å². The van der Waals surface area contributed by atoms with Crippen LogP contribution in [-0.2, 0) is 16.0 Å². The Morgan fingerprint density at radius 1 is 1.14 bits per heavy atom. The number of carbonyl (C=O) groups excluding carboxylic acids is 2. The second-order valence-electron chi connectivity index (χ2n) is 10.5. The Bertz CT molecular complexity index is 1440. The molecular weight excluding hydrogens is 456 g/mol. The first-order valence-corrected chi connectivity index (χ1v) is 12.3. The number of nitrogens with zero attached hydrogens (tertiary/aromatic N) is 2. The van der Waals surface area contributed by atoms with Crippen molar-refractivity contribution in [1.29, 1.82) is 0 Å². The van der Waals surface area contributed by atoms with E-state index in [9.17, 15) is 14.4 Å². The van der Waals surface area contributed by atoms with Crippen LogP contribution in [0.3, 0.4) is 0 Å². The molecule has 1 heterocycles. The van der Waals surface area contributed by atoms with E-state index in [1.807, 2.05) is 6.07 Å². The fraction of sp³-hybridized carbons (Fsp3) is 0.393. The number of H-pyrrole nitrogens is 1. The van der Waals surface area contributed by atoms with Gasteiger partial charge in [0.15, 0.2) is 6.61 Å². The van der Waals surface area contributed by atoms with E-state index in [1.165, 1.54) is 6.42 Å². The largest absolute Gasteiger partial charge is 0.452 e. The number of hydrogen-bond acceptors (Lipinski definition) is 6. The Morgan fingerprint density at radius 3 is 2.64 bits per heavy atom. The third kappa shape index (κ3) is 4.10. The quantitative estimate of drug-likeness (QED) is 0.404. The fourth-order valence-electron chi connectivity index (χ4n) is 5.74. The van der Waals surface area contributed by atoms with Crippen LogP contribution in [0.25, 0.3) is 10.9 Å². The number of hydrogen-bond donors (Lipinski definition) is 2. The molecule has 2 unspecified atom stereocenters. The predicted octanol–water partition coefficient (Wildman–Crippen LogP) is 3.99. The van der Waals surface area contributed by atoms with Gasteiger partial charge in [0.25, 0.3) is 11.5 Å². The van der Waals surface area contributed by atoms with E-state index in [1.54, 1.807) is 42.5 Å². The molecule has 0 radical (unpaired) electrons. The summed E-state index contributed by atoms with van der Waals surface area (Å²) in [6.07, 6.45) is 3.39. The van der Waals surface area contributed by atoms with E-state index in [2.05, 4.69) is 41.3 Å². The van der Waals surface area contributed by atoms with Crippen LogP contribution < -0.4 is 11.0 Å². The average molecular weight is 487 g/mol. The predicted molar refractivity (Wildman–Crippen MR) is 137 cm³/mol. The Labute approximate surface area is 209 Å². The lowest BCUT2D eigenvalue weighted by molar-refractivity contribution is -0.124. The SMILES string of the molecule is CC12CCC(C/C1=N\NC(=O)COC(=O)c1ccccc1Cc1nc3ccccc3c(=O)[nH]1)C2(C)C. The number of carbonyl (C=O) groups is 2. The molecule has 2 aliphatic carbocycles. The van der Waals surface area contributed by atoms with E-state index >= 15 is 0 Å². The molecule has 36 heavy (non-hydrogen) atoms. The van der Waals surface area contributed by atoms with Crippen LogP contribution in [0.5, 0.6) is 0 Å². The highest BCUT2D eigenvalue weighted by Gasteiger charge is 2.60. The lowest BCUT2D eigenvalue weighted by atomic mass is 9.70. The number of benzene rings is 2. The van der Waals surface area contributed by atoms with Crippen molar-refractivity contribution in [2.45, 2.75) is 46.5 Å². The smallest absolute Gasteiger partial charge is 0.338 e. The molecule has 1 aromatic heterocycles. The number of aromatic nitrogens is 2. The zero-order valence-corrected chi connectivity index (χ0v) is 20.8. The molecule has 8 heteroatoms. The van der Waals surface area contributed by atoms with Gasteiger partial charge in [-0.3, -0.25) is 9.59 Å². The van der Waals surface area contributed by atoms with Gasteiger partial charge < -0.3 is 9.72 Å². The number of fused-ring (bicyclic) bond motifs is 3. The molecule has 8 nitrogen and oxygen atoms in total. The second-order valence-corrected chi connectivity index (χ2v) is 10.5. The average Bonchev–Trinajstić information content (AvgIpc) is 3.20. The summed E-state index contributed by atoms with van der Waals surface area (Å²) in [4.78, 5) is 44.9. The molecule has 0 saturated heterocycles. The summed E-state index contributed by atoms with van der Waals surface area (Å²) in [5.41, 5.74) is 5.05. The van der Waals surface area contributed by atoms with Crippen molar-refractivity contribution >= 4 is 28.5 Å². The number of rotatable bonds is 6. The number of nitrogens with one attached hydrogen (secondary N) is 2. The third-order valence-electron chi connectivity index (χ3n) is 8.42. The van der Waals surface area contributed by atoms with Crippen molar-refractivity contribution in [3.63, 3.8) is 0 Å². The first-order chi connectivity index (χ1) is 17.2. The molecule has 2 aliphatic rings. The topological polar surface area (TPSA) is 114 Å². The van der Waals surface area contributed by atoms with E-state index in [-0.39, 0.29) is 22.8 Å². The van der Waals surface area contributed by atoms with Crippen molar-refractivity contribution in [2.24, 2.45) is 21.8 Å². The maximum Gasteiger partial charge on any atom is 0.338 e. The van der Waals surface area contributed by atoms with E-state index < -0.39 is 18.5 Å². The molecule has 2 fully saturated rings. The van der Waals surface area contributed by atoms with Crippen LogP contribution in [0.15, 0.2) is 58.4 Å². The van der Waals surface area contributed by atoms with Crippen LogP contribution in [0.1, 0.15) is 61.8 Å². The van der Waals surface area contributed by atoms with Gasteiger partial charge in [-0.25, -0.2) is 15.2 Å². The van der Waals surface area contributed by atoms with Crippen LogP contribution in [0.2, 0.25) is 0 Å². The maximum absolute atomic E-state index is 12.8. The summed E-state index contributed by atoms with van der Waals surface area (Å²) in [5.74, 6) is -0.0723. The molecule has 3 aromatic rings. The molecule has 186 valence electrons. The Hall–Kier alpha value is -3.81. The lowest BCUT2D eigenvalue weighted by Crippen LogP contribution is -2.35. The molecule has 1 amide bonds. The van der Waals surface area contributed by atoms with Gasteiger partial charge in [-0.15, -0.1) is 0 Å². The van der Waals surface area contributed by atoms with Crippen LogP contribution >= 0.6 is 0 Å². The van der Waals surface area contributed by atoms with Crippen LogP contribution in [0.4, 0.5) is 0 Å². The summed E-state index contributed by atoms with van der Waals surface area (Å²) in [7, 11) is 0. The van der Waals surface area contributed by atoms with Crippen molar-refractivity contribution in [2.75, 3.05) is 6.61 Å². The zero-order chi connectivity index (χ0) is 25.5. The van der Waals surface area contributed by atoms with Gasteiger partial charge in [0, 0.05) is 17.5 Å². The summed E-state index contributed by atoms with van der Waals surface area (Å²) in [5, 5.41) is 4.92. The highest BCUT2D eigenvalue weighted by atomic mass is 16.5. The number of ether oxygens (including phenoxy) is 1. The Kier molecular flexibility index (Phi) is 5.98. The summed E-state index contributed by atoms with van der Waals surface area (Å²) >= 11 is 0. The van der Waals surface area contributed by atoms with Gasteiger partial charge in [0.1, 0.15) is 5.82 Å². The zero-order valence-electron chi connectivity index (χ0n) is 20.8. The van der Waals surface area contributed by atoms with Crippen LogP contribution in [-0.4, -0.2) is 34.2 Å². The summed E-state index contributed by atoms with van der Waals surface area (Å²) in [6.45, 7) is 6.34. The van der Waals surface area contributed by atoms with Gasteiger partial charge in [-0.05, 0) is 54.4 Å². The normalized spacial score (nSPS) is 23.2. The molecule has 0 spiro atoms.